The first-order valence-corrected chi connectivity index (χ1v) is 8.61. The van der Waals surface area contributed by atoms with E-state index in [0.29, 0.717) is 0 Å². The first-order chi connectivity index (χ1) is 10.1. The van der Waals surface area contributed by atoms with Gasteiger partial charge in [-0.25, -0.2) is 4.98 Å². The predicted molar refractivity (Wildman–Crippen MR) is 92.7 cm³/mol. The van der Waals surface area contributed by atoms with Gasteiger partial charge in [-0.15, -0.1) is 0 Å². The molecule has 0 radical (unpaired) electrons. The van der Waals surface area contributed by atoms with Crippen molar-refractivity contribution >= 4 is 39.2 Å². The third-order valence-corrected chi connectivity index (χ3v) is 5.00. The van der Waals surface area contributed by atoms with Crippen LogP contribution < -0.4 is 4.90 Å². The third kappa shape index (κ3) is 3.25. The summed E-state index contributed by atoms with van der Waals surface area (Å²) in [6.45, 7) is 2.06. The molecule has 0 unspecified atom stereocenters. The fourth-order valence-corrected chi connectivity index (χ4v) is 4.08. The quantitative estimate of drug-likeness (QED) is 0.801. The average molecular weight is 364 g/mol. The minimum atomic E-state index is 0.984. The topological polar surface area (TPSA) is 19.4 Å². The lowest BCUT2D eigenvalue weighted by Crippen LogP contribution is -2.26. The summed E-state index contributed by atoms with van der Waals surface area (Å²) < 4.78 is 1.12. The number of hydrogen-bond acceptors (Lipinski definition) is 4. The molecule has 0 amide bonds. The molecule has 1 aromatic heterocycles. The molecule has 2 heterocycles. The molecule has 0 aliphatic carbocycles. The second-order valence-corrected chi connectivity index (χ2v) is 7.35. The van der Waals surface area contributed by atoms with Gasteiger partial charge < -0.3 is 9.80 Å². The third-order valence-electron chi connectivity index (χ3n) is 3.43. The normalized spacial score (nSPS) is 13.2. The van der Waals surface area contributed by atoms with Crippen LogP contribution in [0.5, 0.6) is 0 Å². The highest BCUT2D eigenvalue weighted by molar-refractivity contribution is 9.10. The van der Waals surface area contributed by atoms with Crippen LogP contribution in [0.15, 0.2) is 50.8 Å². The molecule has 3 nitrogen and oxygen atoms in total. The summed E-state index contributed by atoms with van der Waals surface area (Å²) in [7, 11) is 4.23. The molecule has 1 aliphatic heterocycles. The Labute approximate surface area is 138 Å². The molecule has 0 saturated carbocycles. The Morgan fingerprint density at radius 2 is 2.10 bits per heavy atom. The minimum Gasteiger partial charge on any atom is -0.324 e. The highest BCUT2D eigenvalue weighted by atomic mass is 79.9. The molecule has 0 fully saturated rings. The molecule has 110 valence electrons. The fourth-order valence-electron chi connectivity index (χ4n) is 2.46. The number of fused-ring (bicyclic) bond motifs is 2. The van der Waals surface area contributed by atoms with Crippen molar-refractivity contribution in [3.63, 3.8) is 0 Å². The Bertz CT molecular complexity index is 645. The molecule has 21 heavy (non-hydrogen) atoms. The number of benzene rings is 1. The Hall–Kier alpha value is -1.04. The number of hydrogen-bond donors (Lipinski definition) is 0. The summed E-state index contributed by atoms with van der Waals surface area (Å²) in [5, 5.41) is 0. The van der Waals surface area contributed by atoms with Crippen LogP contribution in [-0.4, -0.2) is 37.1 Å². The van der Waals surface area contributed by atoms with Crippen LogP contribution in [0.25, 0.3) is 0 Å². The highest BCUT2D eigenvalue weighted by Gasteiger charge is 2.24. The van der Waals surface area contributed by atoms with Crippen LogP contribution in [0.3, 0.4) is 0 Å². The van der Waals surface area contributed by atoms with Crippen molar-refractivity contribution in [3.05, 3.63) is 41.0 Å². The molecule has 0 saturated heterocycles. The van der Waals surface area contributed by atoms with E-state index in [-0.39, 0.29) is 0 Å². The van der Waals surface area contributed by atoms with Crippen LogP contribution in [0.4, 0.5) is 11.5 Å². The Kier molecular flexibility index (Phi) is 4.52. The van der Waals surface area contributed by atoms with Gasteiger partial charge in [-0.05, 0) is 57.4 Å². The van der Waals surface area contributed by atoms with Gasteiger partial charge in [0.05, 0.1) is 10.6 Å². The zero-order chi connectivity index (χ0) is 14.8. The zero-order valence-corrected chi connectivity index (χ0v) is 14.6. The summed E-state index contributed by atoms with van der Waals surface area (Å²) in [5.41, 5.74) is 1.26. The Morgan fingerprint density at radius 1 is 1.24 bits per heavy atom. The summed E-state index contributed by atoms with van der Waals surface area (Å²) in [5.74, 6) is 1.08. The number of rotatable bonds is 4. The second kappa shape index (κ2) is 6.38. The van der Waals surface area contributed by atoms with Crippen LogP contribution in [-0.2, 0) is 0 Å². The van der Waals surface area contributed by atoms with Gasteiger partial charge in [0.15, 0.2) is 0 Å². The van der Waals surface area contributed by atoms with E-state index in [2.05, 4.69) is 69.1 Å². The molecule has 1 aliphatic rings. The maximum Gasteiger partial charge on any atom is 0.147 e. The van der Waals surface area contributed by atoms with Gasteiger partial charge in [0.2, 0.25) is 0 Å². The van der Waals surface area contributed by atoms with E-state index in [9.17, 15) is 0 Å². The minimum absolute atomic E-state index is 0.984. The molecule has 0 atom stereocenters. The van der Waals surface area contributed by atoms with Crippen LogP contribution in [0.1, 0.15) is 6.42 Å². The van der Waals surface area contributed by atoms with Gasteiger partial charge >= 0.3 is 0 Å². The van der Waals surface area contributed by atoms with Crippen molar-refractivity contribution in [1.82, 2.24) is 9.88 Å². The second-order valence-electron chi connectivity index (χ2n) is 5.35. The largest absolute Gasteiger partial charge is 0.324 e. The summed E-state index contributed by atoms with van der Waals surface area (Å²) >= 11 is 5.36. The molecule has 5 heteroatoms. The molecular formula is C16H18BrN3S. The van der Waals surface area contributed by atoms with Gasteiger partial charge in [0, 0.05) is 22.1 Å². The zero-order valence-electron chi connectivity index (χ0n) is 12.2. The standard InChI is InChI=1S/C16H18BrN3S/c1-19(2)9-4-10-20-13-7-6-12(17)11-15(13)21-14-5-3-8-18-16(14)20/h3,5-8,11H,4,9-10H2,1-2H3. The van der Waals surface area contributed by atoms with E-state index in [4.69, 9.17) is 0 Å². The van der Waals surface area contributed by atoms with Crippen molar-refractivity contribution < 1.29 is 0 Å². The van der Waals surface area contributed by atoms with Crippen LogP contribution in [0.2, 0.25) is 0 Å². The Balaban J connectivity index is 1.94. The number of aromatic nitrogens is 1. The lowest BCUT2D eigenvalue weighted by molar-refractivity contribution is 0.402. The van der Waals surface area contributed by atoms with Crippen LogP contribution >= 0.6 is 27.7 Å². The van der Waals surface area contributed by atoms with E-state index in [1.54, 1.807) is 11.8 Å². The summed E-state index contributed by atoms with van der Waals surface area (Å²) in [4.78, 5) is 11.7. The lowest BCUT2D eigenvalue weighted by atomic mass is 10.2. The SMILES string of the molecule is CN(C)CCCN1c2ccc(Br)cc2Sc2cccnc21. The van der Waals surface area contributed by atoms with Crippen molar-refractivity contribution in [2.75, 3.05) is 32.1 Å². The van der Waals surface area contributed by atoms with Crippen molar-refractivity contribution in [3.8, 4) is 0 Å². The van der Waals surface area contributed by atoms with E-state index >= 15 is 0 Å². The molecule has 1 aromatic carbocycles. The van der Waals surface area contributed by atoms with E-state index in [1.807, 2.05) is 12.3 Å². The van der Waals surface area contributed by atoms with Crippen molar-refractivity contribution in [2.24, 2.45) is 0 Å². The van der Waals surface area contributed by atoms with E-state index in [1.165, 1.54) is 15.5 Å². The molecule has 3 rings (SSSR count). The van der Waals surface area contributed by atoms with Gasteiger partial charge in [-0.3, -0.25) is 0 Å². The molecule has 2 aromatic rings. The Morgan fingerprint density at radius 3 is 2.90 bits per heavy atom. The maximum absolute atomic E-state index is 4.60. The van der Waals surface area contributed by atoms with E-state index < -0.39 is 0 Å². The molecule has 0 spiro atoms. The van der Waals surface area contributed by atoms with Gasteiger partial charge in [-0.2, -0.15) is 0 Å². The number of nitrogens with zero attached hydrogens (tertiary/aromatic N) is 3. The lowest BCUT2D eigenvalue weighted by Gasteiger charge is -2.32. The molecule has 0 N–H and O–H groups in total. The van der Waals surface area contributed by atoms with Crippen LogP contribution in [0, 0.1) is 0 Å². The first kappa shape index (κ1) is 14.9. The van der Waals surface area contributed by atoms with Crippen molar-refractivity contribution in [2.45, 2.75) is 16.2 Å². The molecular weight excluding hydrogens is 346 g/mol. The highest BCUT2D eigenvalue weighted by Crippen LogP contribution is 2.47. The predicted octanol–water partition coefficient (Wildman–Crippen LogP) is 4.40. The summed E-state index contributed by atoms with van der Waals surface area (Å²) in [6, 6.07) is 10.6. The average Bonchev–Trinajstić information content (AvgIpc) is 2.46. The fraction of sp³-hybridized carbons (Fsp3) is 0.312. The van der Waals surface area contributed by atoms with Gasteiger partial charge in [0.25, 0.3) is 0 Å². The number of anilines is 2. The summed E-state index contributed by atoms with van der Waals surface area (Å²) in [6.07, 6.45) is 2.99. The number of halogens is 1. The van der Waals surface area contributed by atoms with Gasteiger partial charge in [0.1, 0.15) is 5.82 Å². The first-order valence-electron chi connectivity index (χ1n) is 7.00. The van der Waals surface area contributed by atoms with E-state index in [0.717, 1.165) is 29.8 Å². The molecule has 0 bridgehead atoms. The van der Waals surface area contributed by atoms with Gasteiger partial charge in [-0.1, -0.05) is 27.7 Å². The maximum atomic E-state index is 4.60. The number of pyridine rings is 1. The van der Waals surface area contributed by atoms with Crippen molar-refractivity contribution in [1.29, 1.82) is 0 Å². The monoisotopic (exact) mass is 363 g/mol. The smallest absolute Gasteiger partial charge is 0.147 e.